The van der Waals surface area contributed by atoms with Crippen molar-refractivity contribution in [2.45, 2.75) is 20.0 Å². The van der Waals surface area contributed by atoms with E-state index < -0.39 is 11.9 Å². The Balaban J connectivity index is 2.60. The smallest absolute Gasteiger partial charge is 0.433 e. The van der Waals surface area contributed by atoms with Gasteiger partial charge in [-0.25, -0.2) is 4.98 Å². The summed E-state index contributed by atoms with van der Waals surface area (Å²) in [5, 5.41) is 9.45. The Hall–Kier alpha value is -2.04. The molecule has 0 fully saturated rings. The highest BCUT2D eigenvalue weighted by molar-refractivity contribution is 5.68. The number of halogens is 3. The van der Waals surface area contributed by atoms with Gasteiger partial charge in [0.05, 0.1) is 5.69 Å². The Morgan fingerprint density at radius 1 is 1.05 bits per heavy atom. The van der Waals surface area contributed by atoms with Crippen LogP contribution in [0.1, 0.15) is 16.8 Å². The maximum Gasteiger partial charge on any atom is 0.433 e. The van der Waals surface area contributed by atoms with Crippen molar-refractivity contribution in [1.29, 1.82) is 0 Å². The van der Waals surface area contributed by atoms with Crippen LogP contribution >= 0.6 is 0 Å². The van der Waals surface area contributed by atoms with E-state index in [0.29, 0.717) is 16.7 Å². The first-order chi connectivity index (χ1) is 8.79. The Morgan fingerprint density at radius 2 is 1.63 bits per heavy atom. The summed E-state index contributed by atoms with van der Waals surface area (Å²) in [4.78, 5) is 3.66. The molecular weight excluding hydrogens is 255 g/mol. The third-order valence-electron chi connectivity index (χ3n) is 2.81. The second-order valence-electron chi connectivity index (χ2n) is 4.36. The number of pyridine rings is 1. The van der Waals surface area contributed by atoms with Gasteiger partial charge in [-0.2, -0.15) is 13.2 Å². The number of alkyl halides is 3. The molecule has 0 bridgehead atoms. The normalized spacial score (nSPS) is 11.6. The fourth-order valence-corrected chi connectivity index (χ4v) is 2.08. The zero-order valence-corrected chi connectivity index (χ0v) is 10.4. The van der Waals surface area contributed by atoms with Crippen molar-refractivity contribution in [3.63, 3.8) is 0 Å². The first-order valence-electron chi connectivity index (χ1n) is 5.64. The minimum Gasteiger partial charge on any atom is -0.508 e. The van der Waals surface area contributed by atoms with Gasteiger partial charge in [-0.05, 0) is 49.2 Å². The largest absolute Gasteiger partial charge is 0.508 e. The van der Waals surface area contributed by atoms with Gasteiger partial charge in [-0.1, -0.05) is 6.07 Å². The number of nitrogens with zero attached hydrogens (tertiary/aromatic N) is 1. The van der Waals surface area contributed by atoms with Crippen LogP contribution in [0.3, 0.4) is 0 Å². The number of phenolic OH excluding ortho intramolecular Hbond substituents is 1. The van der Waals surface area contributed by atoms with Crippen molar-refractivity contribution in [3.8, 4) is 17.0 Å². The summed E-state index contributed by atoms with van der Waals surface area (Å²) in [6.07, 6.45) is -4.46. The molecule has 5 heteroatoms. The number of aromatic hydroxyl groups is 1. The Kier molecular flexibility index (Phi) is 3.22. The summed E-state index contributed by atoms with van der Waals surface area (Å²) in [7, 11) is 0. The number of hydrogen-bond acceptors (Lipinski definition) is 2. The molecule has 100 valence electrons. The molecular formula is C14H12F3NO. The van der Waals surface area contributed by atoms with Gasteiger partial charge in [0.15, 0.2) is 0 Å². The molecule has 0 aliphatic carbocycles. The van der Waals surface area contributed by atoms with Gasteiger partial charge in [0.1, 0.15) is 11.4 Å². The van der Waals surface area contributed by atoms with Crippen LogP contribution in [0.25, 0.3) is 11.3 Å². The van der Waals surface area contributed by atoms with Crippen molar-refractivity contribution in [1.82, 2.24) is 4.98 Å². The summed E-state index contributed by atoms with van der Waals surface area (Å²) in [5.74, 6) is 0.0886. The molecule has 1 N–H and O–H groups in total. The zero-order valence-electron chi connectivity index (χ0n) is 10.4. The molecule has 2 aromatic rings. The van der Waals surface area contributed by atoms with E-state index >= 15 is 0 Å². The van der Waals surface area contributed by atoms with Crippen LogP contribution in [0, 0.1) is 13.8 Å². The maximum absolute atomic E-state index is 12.6. The van der Waals surface area contributed by atoms with Gasteiger partial charge in [0.2, 0.25) is 0 Å². The van der Waals surface area contributed by atoms with Crippen LogP contribution in [-0.4, -0.2) is 10.1 Å². The number of hydrogen-bond donors (Lipinski definition) is 1. The maximum atomic E-state index is 12.6. The zero-order chi connectivity index (χ0) is 14.2. The second-order valence-corrected chi connectivity index (χ2v) is 4.36. The Morgan fingerprint density at radius 3 is 2.16 bits per heavy atom. The first-order valence-corrected chi connectivity index (χ1v) is 5.64. The second kappa shape index (κ2) is 4.57. The van der Waals surface area contributed by atoms with Gasteiger partial charge in [0, 0.05) is 5.56 Å². The monoisotopic (exact) mass is 267 g/mol. The third-order valence-corrected chi connectivity index (χ3v) is 2.81. The molecule has 2 rings (SSSR count). The summed E-state index contributed by atoms with van der Waals surface area (Å²) in [5.41, 5.74) is 1.32. The molecule has 1 aromatic heterocycles. The molecule has 19 heavy (non-hydrogen) atoms. The third kappa shape index (κ3) is 2.70. The average molecular weight is 267 g/mol. The van der Waals surface area contributed by atoms with E-state index in [0.717, 1.165) is 6.07 Å². The van der Waals surface area contributed by atoms with Crippen LogP contribution in [0.2, 0.25) is 0 Å². The molecule has 0 saturated heterocycles. The topological polar surface area (TPSA) is 33.1 Å². The molecule has 0 radical (unpaired) electrons. The van der Waals surface area contributed by atoms with E-state index in [1.807, 2.05) is 0 Å². The molecule has 0 aliphatic heterocycles. The Bertz CT molecular complexity index is 597. The quantitative estimate of drug-likeness (QED) is 0.844. The van der Waals surface area contributed by atoms with Crippen LogP contribution in [0.15, 0.2) is 30.3 Å². The van der Waals surface area contributed by atoms with Crippen molar-refractivity contribution < 1.29 is 18.3 Å². The van der Waals surface area contributed by atoms with E-state index in [2.05, 4.69) is 4.98 Å². The number of benzene rings is 1. The van der Waals surface area contributed by atoms with Crippen molar-refractivity contribution >= 4 is 0 Å². The lowest BCUT2D eigenvalue weighted by Crippen LogP contribution is -2.08. The van der Waals surface area contributed by atoms with Crippen LogP contribution in [0.4, 0.5) is 13.2 Å². The van der Waals surface area contributed by atoms with Crippen LogP contribution in [-0.2, 0) is 6.18 Å². The molecule has 2 nitrogen and oxygen atoms in total. The van der Waals surface area contributed by atoms with Crippen LogP contribution in [0.5, 0.6) is 5.75 Å². The van der Waals surface area contributed by atoms with E-state index in [-0.39, 0.29) is 11.4 Å². The lowest BCUT2D eigenvalue weighted by atomic mass is 9.99. The van der Waals surface area contributed by atoms with Gasteiger partial charge in [0.25, 0.3) is 0 Å². The molecule has 0 saturated carbocycles. The number of phenols is 1. The minimum absolute atomic E-state index is 0.0886. The van der Waals surface area contributed by atoms with Gasteiger partial charge in [-0.3, -0.25) is 0 Å². The molecule has 0 unspecified atom stereocenters. The summed E-state index contributed by atoms with van der Waals surface area (Å²) >= 11 is 0. The summed E-state index contributed by atoms with van der Waals surface area (Å²) in [6.45, 7) is 3.45. The highest BCUT2D eigenvalue weighted by atomic mass is 19.4. The number of rotatable bonds is 1. The lowest BCUT2D eigenvalue weighted by Gasteiger charge is -2.12. The molecule has 0 atom stereocenters. The molecule has 1 heterocycles. The fraction of sp³-hybridized carbons (Fsp3) is 0.214. The van der Waals surface area contributed by atoms with Crippen molar-refractivity contribution in [3.05, 3.63) is 47.2 Å². The SMILES string of the molecule is Cc1cc(O)cc(C)c1-c1cccc(C(F)(F)F)n1. The molecule has 0 amide bonds. The first kappa shape index (κ1) is 13.4. The predicted molar refractivity (Wildman–Crippen MR) is 65.8 cm³/mol. The molecule has 0 spiro atoms. The molecule has 0 aliphatic rings. The van der Waals surface area contributed by atoms with Gasteiger partial charge >= 0.3 is 6.18 Å². The van der Waals surface area contributed by atoms with Crippen molar-refractivity contribution in [2.75, 3.05) is 0 Å². The summed E-state index contributed by atoms with van der Waals surface area (Å²) in [6, 6.07) is 6.81. The minimum atomic E-state index is -4.46. The predicted octanol–water partition coefficient (Wildman–Crippen LogP) is 4.09. The fourth-order valence-electron chi connectivity index (χ4n) is 2.08. The summed E-state index contributed by atoms with van der Waals surface area (Å²) < 4.78 is 37.9. The number of aromatic nitrogens is 1. The molecule has 1 aromatic carbocycles. The van der Waals surface area contributed by atoms with Crippen LogP contribution < -0.4 is 0 Å². The Labute approximate surface area is 108 Å². The van der Waals surface area contributed by atoms with Gasteiger partial charge < -0.3 is 5.11 Å². The number of aryl methyl sites for hydroxylation is 2. The van der Waals surface area contributed by atoms with E-state index in [1.165, 1.54) is 24.3 Å². The average Bonchev–Trinajstić information content (AvgIpc) is 2.26. The lowest BCUT2D eigenvalue weighted by molar-refractivity contribution is -0.141. The van der Waals surface area contributed by atoms with E-state index in [9.17, 15) is 18.3 Å². The van der Waals surface area contributed by atoms with E-state index in [4.69, 9.17) is 0 Å². The van der Waals surface area contributed by atoms with E-state index in [1.54, 1.807) is 13.8 Å². The van der Waals surface area contributed by atoms with Gasteiger partial charge in [-0.15, -0.1) is 0 Å². The van der Waals surface area contributed by atoms with Crippen molar-refractivity contribution in [2.24, 2.45) is 0 Å². The highest BCUT2D eigenvalue weighted by Crippen LogP contribution is 2.32. The standard InChI is InChI=1S/C14H12F3NO/c1-8-6-10(19)7-9(2)13(8)11-4-3-5-12(18-11)14(15,16)17/h3-7,19H,1-2H3. The highest BCUT2D eigenvalue weighted by Gasteiger charge is 2.32.